The molecule has 0 aliphatic carbocycles. The lowest BCUT2D eigenvalue weighted by atomic mass is 9.93. The van der Waals surface area contributed by atoms with E-state index in [0.717, 1.165) is 16.6 Å². The van der Waals surface area contributed by atoms with Gasteiger partial charge in [0.05, 0.1) is 33.0 Å². The minimum absolute atomic E-state index is 0.197. The van der Waals surface area contributed by atoms with Crippen molar-refractivity contribution in [1.29, 1.82) is 0 Å². The highest BCUT2D eigenvalue weighted by atomic mass is 35.5. The largest absolute Gasteiger partial charge is 0.343 e. The van der Waals surface area contributed by atoms with Gasteiger partial charge >= 0.3 is 0 Å². The fourth-order valence-electron chi connectivity index (χ4n) is 2.98. The van der Waals surface area contributed by atoms with Crippen LogP contribution in [0.5, 0.6) is 0 Å². The van der Waals surface area contributed by atoms with E-state index in [1.54, 1.807) is 18.3 Å². The van der Waals surface area contributed by atoms with Gasteiger partial charge in [0.1, 0.15) is 0 Å². The Bertz CT molecular complexity index is 1020. The van der Waals surface area contributed by atoms with Crippen LogP contribution in [0.2, 0.25) is 10.0 Å². The number of benzene rings is 1. The number of carbonyl (C=O) groups is 1. The Hall–Kier alpha value is -2.11. The smallest absolute Gasteiger partial charge is 0.253 e. The van der Waals surface area contributed by atoms with Crippen molar-refractivity contribution in [2.75, 3.05) is 0 Å². The van der Waals surface area contributed by atoms with Crippen LogP contribution in [0.1, 0.15) is 55.4 Å². The molecule has 0 radical (unpaired) electrons. The second kappa shape index (κ2) is 7.13. The quantitative estimate of drug-likeness (QED) is 0.642. The lowest BCUT2D eigenvalue weighted by Gasteiger charge is -2.27. The molecule has 0 unspecified atom stereocenters. The summed E-state index contributed by atoms with van der Waals surface area (Å²) in [6, 6.07) is 7.39. The molecule has 7 heteroatoms. The molecule has 142 valence electrons. The van der Waals surface area contributed by atoms with Gasteiger partial charge < -0.3 is 5.32 Å². The number of hydrogen-bond donors (Lipinski definition) is 1. The number of pyridine rings is 1. The van der Waals surface area contributed by atoms with E-state index >= 15 is 0 Å². The lowest BCUT2D eigenvalue weighted by Crippen LogP contribution is -2.41. The van der Waals surface area contributed by atoms with Crippen molar-refractivity contribution in [3.63, 3.8) is 0 Å². The van der Waals surface area contributed by atoms with E-state index in [1.807, 2.05) is 51.4 Å². The van der Waals surface area contributed by atoms with E-state index in [-0.39, 0.29) is 11.9 Å². The molecule has 0 bridgehead atoms. The molecule has 0 fully saturated rings. The maximum Gasteiger partial charge on any atom is 0.253 e. The molecule has 2 heterocycles. The first kappa shape index (κ1) is 19.6. The molecular weight excluding hydrogens is 383 g/mol. The van der Waals surface area contributed by atoms with E-state index in [9.17, 15) is 4.79 Å². The molecule has 1 N–H and O–H groups in total. The van der Waals surface area contributed by atoms with Gasteiger partial charge in [-0.1, -0.05) is 29.3 Å². The summed E-state index contributed by atoms with van der Waals surface area (Å²) in [5.41, 5.74) is 2.20. The highest BCUT2D eigenvalue weighted by molar-refractivity contribution is 6.42. The van der Waals surface area contributed by atoms with Gasteiger partial charge in [-0.3, -0.25) is 4.79 Å². The molecule has 1 aromatic carbocycles. The summed E-state index contributed by atoms with van der Waals surface area (Å²) in [4.78, 5) is 17.6. The number of aromatic nitrogens is 3. The highest BCUT2D eigenvalue weighted by Crippen LogP contribution is 2.29. The minimum atomic E-state index is -0.630. The number of carbonyl (C=O) groups excluding carboxylic acids is 1. The molecule has 1 amide bonds. The van der Waals surface area contributed by atoms with Gasteiger partial charge in [0.15, 0.2) is 5.65 Å². The lowest BCUT2D eigenvalue weighted by molar-refractivity contribution is 0.0911. The average Bonchev–Trinajstić information content (AvgIpc) is 2.98. The number of amides is 1. The van der Waals surface area contributed by atoms with E-state index in [4.69, 9.17) is 23.2 Å². The van der Waals surface area contributed by atoms with Crippen LogP contribution in [0.15, 0.2) is 30.5 Å². The second-order valence-electron chi connectivity index (χ2n) is 7.43. The van der Waals surface area contributed by atoms with Crippen LogP contribution in [0.25, 0.3) is 11.0 Å². The third-order valence-electron chi connectivity index (χ3n) is 4.56. The van der Waals surface area contributed by atoms with E-state index < -0.39 is 5.54 Å². The van der Waals surface area contributed by atoms with Crippen LogP contribution in [0.4, 0.5) is 0 Å². The highest BCUT2D eigenvalue weighted by Gasteiger charge is 2.25. The first-order valence-corrected chi connectivity index (χ1v) is 9.48. The number of rotatable bonds is 4. The van der Waals surface area contributed by atoms with Gasteiger partial charge in [0, 0.05) is 11.4 Å². The van der Waals surface area contributed by atoms with Crippen LogP contribution >= 0.6 is 23.2 Å². The van der Waals surface area contributed by atoms with Crippen LogP contribution in [-0.2, 0) is 5.54 Å². The van der Waals surface area contributed by atoms with Gasteiger partial charge in [-0.05, 0) is 58.4 Å². The summed E-state index contributed by atoms with van der Waals surface area (Å²) in [6.07, 6.45) is 1.74. The summed E-state index contributed by atoms with van der Waals surface area (Å²) in [6.45, 7) is 9.76. The maximum atomic E-state index is 13.0. The van der Waals surface area contributed by atoms with E-state index in [0.29, 0.717) is 21.3 Å². The van der Waals surface area contributed by atoms with Crippen LogP contribution in [0, 0.1) is 6.92 Å². The molecule has 3 aromatic rings. The fraction of sp³-hybridized carbons (Fsp3) is 0.350. The molecule has 0 aliphatic heterocycles. The standard InChI is InChI=1S/C20H22Cl2N4O/c1-11(2)26-18-13(10-23-26)8-15(12(3)24-18)19(27)25-20(4,5)14-6-7-16(21)17(22)9-14/h6-11H,1-5H3,(H,25,27). The van der Waals surface area contributed by atoms with E-state index in [1.165, 1.54) is 0 Å². The Labute approximate surface area is 168 Å². The van der Waals surface area contributed by atoms with Crippen molar-refractivity contribution in [3.8, 4) is 0 Å². The molecule has 5 nitrogen and oxygen atoms in total. The molecule has 0 spiro atoms. The fourth-order valence-corrected chi connectivity index (χ4v) is 3.28. The number of nitrogens with zero attached hydrogens (tertiary/aromatic N) is 3. The SMILES string of the molecule is Cc1nc2c(cnn2C(C)C)cc1C(=O)NC(C)(C)c1ccc(Cl)c(Cl)c1. The van der Waals surface area contributed by atoms with Crippen LogP contribution < -0.4 is 5.32 Å². The van der Waals surface area contributed by atoms with Crippen molar-refractivity contribution >= 4 is 40.1 Å². The van der Waals surface area contributed by atoms with Crippen molar-refractivity contribution in [1.82, 2.24) is 20.1 Å². The topological polar surface area (TPSA) is 59.8 Å². The maximum absolute atomic E-state index is 13.0. The van der Waals surface area contributed by atoms with Gasteiger partial charge in [0.2, 0.25) is 0 Å². The first-order valence-electron chi connectivity index (χ1n) is 8.73. The third kappa shape index (κ3) is 3.80. The summed E-state index contributed by atoms with van der Waals surface area (Å²) < 4.78 is 1.85. The molecule has 3 rings (SSSR count). The average molecular weight is 405 g/mol. The number of aryl methyl sites for hydroxylation is 1. The summed E-state index contributed by atoms with van der Waals surface area (Å²) in [7, 11) is 0. The minimum Gasteiger partial charge on any atom is -0.343 e. The Balaban J connectivity index is 1.93. The summed E-state index contributed by atoms with van der Waals surface area (Å²) >= 11 is 12.1. The van der Waals surface area contributed by atoms with Gasteiger partial charge in [-0.15, -0.1) is 0 Å². The Kier molecular flexibility index (Phi) is 5.19. The van der Waals surface area contributed by atoms with Crippen molar-refractivity contribution in [3.05, 3.63) is 57.3 Å². The Morgan fingerprint density at radius 2 is 1.89 bits per heavy atom. The first-order chi connectivity index (χ1) is 12.6. The molecule has 0 atom stereocenters. The molecule has 0 saturated heterocycles. The zero-order valence-corrected chi connectivity index (χ0v) is 17.5. The Morgan fingerprint density at radius 3 is 2.52 bits per heavy atom. The van der Waals surface area contributed by atoms with Crippen molar-refractivity contribution in [2.45, 2.75) is 46.2 Å². The number of hydrogen-bond acceptors (Lipinski definition) is 3. The number of halogens is 2. The molecule has 2 aromatic heterocycles. The molecular formula is C20H22Cl2N4O. The molecule has 0 aliphatic rings. The predicted molar refractivity (Wildman–Crippen MR) is 110 cm³/mol. The van der Waals surface area contributed by atoms with Gasteiger partial charge in [-0.2, -0.15) is 5.10 Å². The number of fused-ring (bicyclic) bond motifs is 1. The summed E-state index contributed by atoms with van der Waals surface area (Å²) in [5, 5.41) is 9.21. The second-order valence-corrected chi connectivity index (χ2v) is 8.24. The van der Waals surface area contributed by atoms with Gasteiger partial charge in [-0.25, -0.2) is 9.67 Å². The normalized spacial score (nSPS) is 12.0. The summed E-state index contributed by atoms with van der Waals surface area (Å²) in [5.74, 6) is -0.199. The van der Waals surface area contributed by atoms with Crippen molar-refractivity contribution < 1.29 is 4.79 Å². The zero-order valence-electron chi connectivity index (χ0n) is 16.0. The van der Waals surface area contributed by atoms with E-state index in [2.05, 4.69) is 15.4 Å². The predicted octanol–water partition coefficient (Wildman–Crippen LogP) is 5.29. The van der Waals surface area contributed by atoms with Crippen LogP contribution in [-0.4, -0.2) is 20.7 Å². The monoisotopic (exact) mass is 404 g/mol. The third-order valence-corrected chi connectivity index (χ3v) is 5.30. The van der Waals surface area contributed by atoms with Crippen LogP contribution in [0.3, 0.4) is 0 Å². The zero-order chi connectivity index (χ0) is 19.9. The van der Waals surface area contributed by atoms with Crippen molar-refractivity contribution in [2.24, 2.45) is 0 Å². The molecule has 0 saturated carbocycles. The number of nitrogens with one attached hydrogen (secondary N) is 1. The Morgan fingerprint density at radius 1 is 1.19 bits per heavy atom. The molecule has 27 heavy (non-hydrogen) atoms. The van der Waals surface area contributed by atoms with Gasteiger partial charge in [0.25, 0.3) is 5.91 Å².